The van der Waals surface area contributed by atoms with Gasteiger partial charge in [-0.25, -0.2) is 0 Å². The van der Waals surface area contributed by atoms with Crippen molar-refractivity contribution in [3.8, 4) is 6.07 Å². The van der Waals surface area contributed by atoms with Crippen molar-refractivity contribution < 1.29 is 4.79 Å². The van der Waals surface area contributed by atoms with Crippen molar-refractivity contribution in [2.24, 2.45) is 0 Å². The smallest absolute Gasteiger partial charge is 0.252 e. The van der Waals surface area contributed by atoms with Gasteiger partial charge in [-0.05, 0) is 31.0 Å². The second-order valence-corrected chi connectivity index (χ2v) is 4.26. The molecule has 0 aliphatic heterocycles. The minimum atomic E-state index is -0.439. The molecule has 3 nitrogen and oxygen atoms in total. The molecule has 0 radical (unpaired) electrons. The molecule has 0 saturated heterocycles. The van der Waals surface area contributed by atoms with E-state index >= 15 is 0 Å². The molecule has 1 N–H and O–H groups in total. The third-order valence-electron chi connectivity index (χ3n) is 2.55. The molecule has 0 bridgehead atoms. The highest BCUT2D eigenvalue weighted by atomic mass is 35.5. The van der Waals surface area contributed by atoms with E-state index in [1.165, 1.54) is 0 Å². The number of nitriles is 1. The molecule has 90 valence electrons. The molecule has 0 heterocycles. The number of rotatable bonds is 4. The Morgan fingerprint density at radius 1 is 1.59 bits per heavy atom. The van der Waals surface area contributed by atoms with Gasteiger partial charge in [-0.1, -0.05) is 31.0 Å². The van der Waals surface area contributed by atoms with Gasteiger partial charge >= 0.3 is 0 Å². The van der Waals surface area contributed by atoms with Crippen LogP contribution in [0, 0.1) is 18.3 Å². The van der Waals surface area contributed by atoms with Crippen LogP contribution in [0.2, 0.25) is 5.02 Å². The topological polar surface area (TPSA) is 52.9 Å². The Morgan fingerprint density at radius 3 is 2.88 bits per heavy atom. The molecule has 17 heavy (non-hydrogen) atoms. The second kappa shape index (κ2) is 6.27. The Kier molecular flexibility index (Phi) is 4.99. The van der Waals surface area contributed by atoms with Crippen LogP contribution in [0.4, 0.5) is 0 Å². The van der Waals surface area contributed by atoms with E-state index in [2.05, 4.69) is 11.4 Å². The molecule has 1 amide bonds. The predicted molar refractivity (Wildman–Crippen MR) is 68.0 cm³/mol. The van der Waals surface area contributed by atoms with E-state index in [4.69, 9.17) is 16.9 Å². The van der Waals surface area contributed by atoms with Gasteiger partial charge in [0.1, 0.15) is 6.04 Å². The van der Waals surface area contributed by atoms with Crippen molar-refractivity contribution >= 4 is 17.5 Å². The van der Waals surface area contributed by atoms with Crippen LogP contribution in [0.3, 0.4) is 0 Å². The summed E-state index contributed by atoms with van der Waals surface area (Å²) in [6, 6.07) is 6.80. The van der Waals surface area contributed by atoms with Gasteiger partial charge in [0.25, 0.3) is 5.91 Å². The lowest BCUT2D eigenvalue weighted by Gasteiger charge is -2.12. The largest absolute Gasteiger partial charge is 0.336 e. The van der Waals surface area contributed by atoms with E-state index in [0.717, 1.165) is 12.0 Å². The summed E-state index contributed by atoms with van der Waals surface area (Å²) < 4.78 is 0. The summed E-state index contributed by atoms with van der Waals surface area (Å²) in [5.74, 6) is -0.245. The summed E-state index contributed by atoms with van der Waals surface area (Å²) in [7, 11) is 0. The summed E-state index contributed by atoms with van der Waals surface area (Å²) in [5, 5.41) is 12.1. The van der Waals surface area contributed by atoms with E-state index in [0.29, 0.717) is 17.0 Å². The first-order chi connectivity index (χ1) is 8.10. The van der Waals surface area contributed by atoms with Crippen molar-refractivity contribution in [2.45, 2.75) is 32.7 Å². The maximum Gasteiger partial charge on any atom is 0.252 e. The van der Waals surface area contributed by atoms with Crippen molar-refractivity contribution in [2.75, 3.05) is 0 Å². The fourth-order valence-electron chi connectivity index (χ4n) is 1.55. The van der Waals surface area contributed by atoms with Gasteiger partial charge in [0.15, 0.2) is 0 Å². The van der Waals surface area contributed by atoms with Crippen LogP contribution in [-0.4, -0.2) is 11.9 Å². The number of amides is 1. The van der Waals surface area contributed by atoms with Gasteiger partial charge < -0.3 is 5.32 Å². The summed E-state index contributed by atoms with van der Waals surface area (Å²) in [4.78, 5) is 11.9. The van der Waals surface area contributed by atoms with Gasteiger partial charge in [0, 0.05) is 10.6 Å². The van der Waals surface area contributed by atoms with Gasteiger partial charge in [0.05, 0.1) is 6.07 Å². The Hall–Kier alpha value is -1.53. The van der Waals surface area contributed by atoms with E-state index in [1.807, 2.05) is 6.92 Å². The zero-order valence-corrected chi connectivity index (χ0v) is 10.7. The lowest BCUT2D eigenvalue weighted by Crippen LogP contribution is -2.34. The summed E-state index contributed by atoms with van der Waals surface area (Å²) >= 11 is 5.94. The van der Waals surface area contributed by atoms with Gasteiger partial charge in [-0.2, -0.15) is 5.26 Å². The number of benzene rings is 1. The Labute approximate surface area is 106 Å². The summed E-state index contributed by atoms with van der Waals surface area (Å²) in [6.45, 7) is 3.76. The molecule has 4 heteroatoms. The first-order valence-corrected chi connectivity index (χ1v) is 5.93. The molecule has 0 aliphatic rings. The summed E-state index contributed by atoms with van der Waals surface area (Å²) in [6.07, 6.45) is 1.51. The fourth-order valence-corrected chi connectivity index (χ4v) is 1.72. The molecule has 0 aromatic heterocycles. The predicted octanol–water partition coefficient (Wildman–Crippen LogP) is 3.07. The zero-order valence-electron chi connectivity index (χ0n) is 9.96. The maximum atomic E-state index is 11.9. The number of halogens is 1. The lowest BCUT2D eigenvalue weighted by atomic mass is 10.1. The van der Waals surface area contributed by atoms with Gasteiger partial charge in [-0.15, -0.1) is 0 Å². The summed E-state index contributed by atoms with van der Waals surface area (Å²) in [5.41, 5.74) is 1.26. The third kappa shape index (κ3) is 3.47. The van der Waals surface area contributed by atoms with E-state index in [9.17, 15) is 4.79 Å². The molecule has 0 spiro atoms. The molecule has 1 atom stereocenters. The minimum absolute atomic E-state index is 0.245. The lowest BCUT2D eigenvalue weighted by molar-refractivity contribution is 0.0943. The van der Waals surface area contributed by atoms with Gasteiger partial charge in [-0.3, -0.25) is 4.79 Å². The van der Waals surface area contributed by atoms with Crippen LogP contribution in [0.15, 0.2) is 18.2 Å². The Balaban J connectivity index is 2.83. The highest BCUT2D eigenvalue weighted by Gasteiger charge is 2.14. The van der Waals surface area contributed by atoms with E-state index in [-0.39, 0.29) is 5.91 Å². The number of nitrogens with one attached hydrogen (secondary N) is 1. The first kappa shape index (κ1) is 13.5. The number of hydrogen-bond donors (Lipinski definition) is 1. The molecular formula is C13H15ClN2O. The highest BCUT2D eigenvalue weighted by molar-refractivity contribution is 6.31. The third-order valence-corrected chi connectivity index (χ3v) is 2.96. The Bertz CT molecular complexity index is 451. The highest BCUT2D eigenvalue weighted by Crippen LogP contribution is 2.18. The number of hydrogen-bond acceptors (Lipinski definition) is 2. The molecule has 0 saturated carbocycles. The van der Waals surface area contributed by atoms with Crippen LogP contribution in [0.5, 0.6) is 0 Å². The van der Waals surface area contributed by atoms with E-state index < -0.39 is 6.04 Å². The average molecular weight is 251 g/mol. The molecule has 0 fully saturated rings. The molecule has 1 aromatic carbocycles. The first-order valence-electron chi connectivity index (χ1n) is 5.55. The monoisotopic (exact) mass is 250 g/mol. The number of nitrogens with zero attached hydrogens (tertiary/aromatic N) is 1. The zero-order chi connectivity index (χ0) is 12.8. The standard InChI is InChI=1S/C13H15ClN2O/c1-3-5-10(8-15)16-13(17)11-6-4-7-12(14)9(11)2/h4,6-7,10H,3,5H2,1-2H3,(H,16,17). The minimum Gasteiger partial charge on any atom is -0.336 e. The van der Waals surface area contributed by atoms with Crippen LogP contribution >= 0.6 is 11.6 Å². The molecule has 1 aromatic rings. The van der Waals surface area contributed by atoms with Crippen LogP contribution in [0.25, 0.3) is 0 Å². The molecule has 1 unspecified atom stereocenters. The van der Waals surface area contributed by atoms with E-state index in [1.54, 1.807) is 25.1 Å². The van der Waals surface area contributed by atoms with Crippen LogP contribution in [-0.2, 0) is 0 Å². The number of carbonyl (C=O) groups is 1. The van der Waals surface area contributed by atoms with Crippen LogP contribution < -0.4 is 5.32 Å². The Morgan fingerprint density at radius 2 is 2.29 bits per heavy atom. The SMILES string of the molecule is CCCC(C#N)NC(=O)c1cccc(Cl)c1C. The van der Waals surface area contributed by atoms with Crippen molar-refractivity contribution in [3.05, 3.63) is 34.3 Å². The van der Waals surface area contributed by atoms with Crippen LogP contribution in [0.1, 0.15) is 35.7 Å². The van der Waals surface area contributed by atoms with Gasteiger partial charge in [0.2, 0.25) is 0 Å². The van der Waals surface area contributed by atoms with Crippen molar-refractivity contribution in [3.63, 3.8) is 0 Å². The van der Waals surface area contributed by atoms with Crippen molar-refractivity contribution in [1.82, 2.24) is 5.32 Å². The second-order valence-electron chi connectivity index (χ2n) is 3.86. The maximum absolute atomic E-state index is 11.9. The molecular weight excluding hydrogens is 236 g/mol. The van der Waals surface area contributed by atoms with Crippen molar-refractivity contribution in [1.29, 1.82) is 5.26 Å². The quantitative estimate of drug-likeness (QED) is 0.893. The number of carbonyl (C=O) groups excluding carboxylic acids is 1. The molecule has 0 aliphatic carbocycles. The normalized spacial score (nSPS) is 11.6. The average Bonchev–Trinajstić information content (AvgIpc) is 2.31. The molecule has 1 rings (SSSR count). The fraction of sp³-hybridized carbons (Fsp3) is 0.385.